The minimum absolute atomic E-state index is 0.125. The van der Waals surface area contributed by atoms with E-state index in [1.165, 1.54) is 22.4 Å². The molecule has 0 radical (unpaired) electrons. The number of hydrogen-bond donors (Lipinski definition) is 2. The molecule has 1 aliphatic heterocycles. The molecule has 3 aromatic rings. The molecule has 0 unspecified atom stereocenters. The lowest BCUT2D eigenvalue weighted by Crippen LogP contribution is -2.39. The van der Waals surface area contributed by atoms with Crippen LogP contribution in [0.5, 0.6) is 11.5 Å². The maximum Gasteiger partial charge on any atom is 0.159 e. The summed E-state index contributed by atoms with van der Waals surface area (Å²) in [5.74, 6) is 1.49. The van der Waals surface area contributed by atoms with Crippen LogP contribution in [0.15, 0.2) is 66.7 Å². The fourth-order valence-electron chi connectivity index (χ4n) is 6.14. The summed E-state index contributed by atoms with van der Waals surface area (Å²) in [4.78, 5) is 2.45. The Bertz CT molecular complexity index is 1130. The van der Waals surface area contributed by atoms with Gasteiger partial charge in [0, 0.05) is 44.8 Å². The lowest BCUT2D eigenvalue weighted by molar-refractivity contribution is -0.141. The first kappa shape index (κ1) is 23.7. The third kappa shape index (κ3) is 4.89. The van der Waals surface area contributed by atoms with Gasteiger partial charge in [0.2, 0.25) is 0 Å². The molecule has 0 aromatic heterocycles. The number of piperidine rings is 1. The summed E-state index contributed by atoms with van der Waals surface area (Å²) >= 11 is 0. The average molecular weight is 474 g/mol. The SMILES string of the molecule is COC(OC)C1CCN(c2ccc([C@H]3c4ccc(O)cc4CC[C@H]3c3cccc(O)c3)cc2)CC1. The van der Waals surface area contributed by atoms with Gasteiger partial charge in [-0.3, -0.25) is 0 Å². The summed E-state index contributed by atoms with van der Waals surface area (Å²) in [6.07, 6.45) is 3.86. The van der Waals surface area contributed by atoms with Crippen molar-refractivity contribution in [3.8, 4) is 11.5 Å². The summed E-state index contributed by atoms with van der Waals surface area (Å²) in [5, 5.41) is 20.2. The van der Waals surface area contributed by atoms with Gasteiger partial charge in [-0.2, -0.15) is 0 Å². The molecule has 1 fully saturated rings. The molecule has 184 valence electrons. The third-order valence-electron chi connectivity index (χ3n) is 7.89. The second-order valence-electron chi connectivity index (χ2n) is 9.86. The summed E-state index contributed by atoms with van der Waals surface area (Å²) in [5.41, 5.74) is 6.15. The molecular weight excluding hydrogens is 438 g/mol. The number of methoxy groups -OCH3 is 2. The first-order chi connectivity index (χ1) is 17.1. The molecule has 5 heteroatoms. The normalized spacial score (nSPS) is 20.7. The number of aryl methyl sites for hydroxylation is 1. The van der Waals surface area contributed by atoms with Crippen LogP contribution in [0.1, 0.15) is 53.4 Å². The number of hydrogen-bond acceptors (Lipinski definition) is 5. The second kappa shape index (κ2) is 10.3. The maximum atomic E-state index is 10.1. The monoisotopic (exact) mass is 473 g/mol. The van der Waals surface area contributed by atoms with E-state index in [4.69, 9.17) is 9.47 Å². The molecule has 0 saturated carbocycles. The van der Waals surface area contributed by atoms with Crippen LogP contribution in [0.4, 0.5) is 5.69 Å². The van der Waals surface area contributed by atoms with Gasteiger partial charge in [0.25, 0.3) is 0 Å². The summed E-state index contributed by atoms with van der Waals surface area (Å²) in [7, 11) is 3.43. The van der Waals surface area contributed by atoms with E-state index in [-0.39, 0.29) is 18.1 Å². The molecule has 2 N–H and O–H groups in total. The minimum Gasteiger partial charge on any atom is -0.508 e. The van der Waals surface area contributed by atoms with Crippen molar-refractivity contribution in [3.05, 3.63) is 89.0 Å². The Morgan fingerprint density at radius 2 is 1.51 bits per heavy atom. The zero-order valence-electron chi connectivity index (χ0n) is 20.6. The molecule has 1 heterocycles. The molecule has 0 amide bonds. The molecule has 0 spiro atoms. The molecule has 5 rings (SSSR count). The number of anilines is 1. The number of benzene rings is 3. The van der Waals surface area contributed by atoms with Gasteiger partial charge in [-0.25, -0.2) is 0 Å². The maximum absolute atomic E-state index is 10.1. The standard InChI is InChI=1S/C30H35NO4/c1-34-30(35-2)21-14-16-31(17-15-21)24-9-6-20(7-10-24)29-27(22-4-3-5-25(32)18-22)12-8-23-19-26(33)11-13-28(23)29/h3-7,9-11,13,18-19,21,27,29-30,32-33H,8,12,14-17H2,1-2H3/t27-,29+/m0/s1. The van der Waals surface area contributed by atoms with Gasteiger partial charge in [0.15, 0.2) is 6.29 Å². The van der Waals surface area contributed by atoms with Gasteiger partial charge in [-0.15, -0.1) is 0 Å². The highest BCUT2D eigenvalue weighted by molar-refractivity contribution is 5.53. The second-order valence-corrected chi connectivity index (χ2v) is 9.86. The predicted molar refractivity (Wildman–Crippen MR) is 138 cm³/mol. The van der Waals surface area contributed by atoms with Crippen molar-refractivity contribution >= 4 is 5.69 Å². The Balaban J connectivity index is 1.41. The van der Waals surface area contributed by atoms with Crippen molar-refractivity contribution in [2.24, 2.45) is 5.92 Å². The Labute approximate surface area is 207 Å². The van der Waals surface area contributed by atoms with Gasteiger partial charge in [0.1, 0.15) is 11.5 Å². The molecule has 2 aliphatic rings. The molecule has 1 saturated heterocycles. The van der Waals surface area contributed by atoms with Crippen LogP contribution in [-0.4, -0.2) is 43.8 Å². The molecule has 1 aliphatic carbocycles. The van der Waals surface area contributed by atoms with E-state index >= 15 is 0 Å². The van der Waals surface area contributed by atoms with E-state index in [2.05, 4.69) is 41.3 Å². The van der Waals surface area contributed by atoms with Crippen molar-refractivity contribution in [2.45, 2.75) is 43.8 Å². The van der Waals surface area contributed by atoms with Crippen LogP contribution < -0.4 is 4.90 Å². The molecular formula is C30H35NO4. The zero-order valence-corrected chi connectivity index (χ0v) is 20.6. The van der Waals surface area contributed by atoms with Gasteiger partial charge in [-0.1, -0.05) is 30.3 Å². The quantitative estimate of drug-likeness (QED) is 0.444. The highest BCUT2D eigenvalue weighted by Crippen LogP contribution is 2.47. The summed E-state index contributed by atoms with van der Waals surface area (Å²) in [6.45, 7) is 1.98. The predicted octanol–water partition coefficient (Wildman–Crippen LogP) is 5.80. The van der Waals surface area contributed by atoms with E-state index in [0.717, 1.165) is 44.3 Å². The van der Waals surface area contributed by atoms with Crippen LogP contribution >= 0.6 is 0 Å². The zero-order chi connectivity index (χ0) is 24.4. The van der Waals surface area contributed by atoms with Crippen LogP contribution in [-0.2, 0) is 15.9 Å². The molecule has 0 bridgehead atoms. The Morgan fingerprint density at radius 1 is 0.800 bits per heavy atom. The number of aromatic hydroxyl groups is 2. The average Bonchev–Trinajstić information content (AvgIpc) is 2.89. The van der Waals surface area contributed by atoms with E-state index in [0.29, 0.717) is 17.4 Å². The molecule has 5 nitrogen and oxygen atoms in total. The van der Waals surface area contributed by atoms with E-state index in [9.17, 15) is 10.2 Å². The van der Waals surface area contributed by atoms with E-state index in [1.807, 2.05) is 18.2 Å². The van der Waals surface area contributed by atoms with Crippen molar-refractivity contribution in [2.75, 3.05) is 32.2 Å². The number of phenolic OH excluding ortho intramolecular Hbond substituents is 2. The Morgan fingerprint density at radius 3 is 2.20 bits per heavy atom. The van der Waals surface area contributed by atoms with Gasteiger partial charge >= 0.3 is 0 Å². The van der Waals surface area contributed by atoms with Crippen molar-refractivity contribution < 1.29 is 19.7 Å². The van der Waals surface area contributed by atoms with Gasteiger partial charge < -0.3 is 24.6 Å². The largest absolute Gasteiger partial charge is 0.508 e. The smallest absolute Gasteiger partial charge is 0.159 e. The Hall–Kier alpha value is -3.02. The number of fused-ring (bicyclic) bond motifs is 1. The van der Waals surface area contributed by atoms with Crippen molar-refractivity contribution in [3.63, 3.8) is 0 Å². The lowest BCUT2D eigenvalue weighted by Gasteiger charge is -2.37. The van der Waals surface area contributed by atoms with Gasteiger partial charge in [0.05, 0.1) is 0 Å². The number of ether oxygens (including phenoxy) is 2. The van der Waals surface area contributed by atoms with Crippen LogP contribution in [0.3, 0.4) is 0 Å². The molecule has 2 atom stereocenters. The highest BCUT2D eigenvalue weighted by atomic mass is 16.7. The third-order valence-corrected chi connectivity index (χ3v) is 7.89. The van der Waals surface area contributed by atoms with Crippen LogP contribution in [0.2, 0.25) is 0 Å². The minimum atomic E-state index is -0.125. The van der Waals surface area contributed by atoms with Gasteiger partial charge in [-0.05, 0) is 90.3 Å². The number of phenols is 2. The van der Waals surface area contributed by atoms with Crippen LogP contribution in [0, 0.1) is 5.92 Å². The number of nitrogens with zero attached hydrogens (tertiary/aromatic N) is 1. The Kier molecular flexibility index (Phi) is 6.98. The topological polar surface area (TPSA) is 62.2 Å². The number of rotatable bonds is 6. The first-order valence-electron chi connectivity index (χ1n) is 12.6. The van der Waals surface area contributed by atoms with E-state index in [1.54, 1.807) is 26.4 Å². The first-order valence-corrected chi connectivity index (χ1v) is 12.6. The lowest BCUT2D eigenvalue weighted by atomic mass is 9.69. The fraction of sp³-hybridized carbons (Fsp3) is 0.400. The van der Waals surface area contributed by atoms with Crippen molar-refractivity contribution in [1.82, 2.24) is 0 Å². The van der Waals surface area contributed by atoms with E-state index < -0.39 is 0 Å². The van der Waals surface area contributed by atoms with Crippen molar-refractivity contribution in [1.29, 1.82) is 0 Å². The van der Waals surface area contributed by atoms with Crippen LogP contribution in [0.25, 0.3) is 0 Å². The fourth-order valence-corrected chi connectivity index (χ4v) is 6.14. The highest BCUT2D eigenvalue weighted by Gasteiger charge is 2.33. The summed E-state index contributed by atoms with van der Waals surface area (Å²) in [6, 6.07) is 22.5. The molecule has 35 heavy (non-hydrogen) atoms. The molecule has 3 aromatic carbocycles. The summed E-state index contributed by atoms with van der Waals surface area (Å²) < 4.78 is 11.0.